The Morgan fingerprint density at radius 2 is 2.23 bits per heavy atom. The summed E-state index contributed by atoms with van der Waals surface area (Å²) < 4.78 is 4.79. The van der Waals surface area contributed by atoms with Crippen molar-refractivity contribution in [3.05, 3.63) is 35.4 Å². The van der Waals surface area contributed by atoms with Crippen molar-refractivity contribution >= 4 is 17.3 Å². The van der Waals surface area contributed by atoms with Gasteiger partial charge in [0.25, 0.3) is 0 Å². The minimum Gasteiger partial charge on any atom is -0.488 e. The van der Waals surface area contributed by atoms with Gasteiger partial charge in [-0.1, -0.05) is 29.8 Å². The molecule has 2 nitrogen and oxygen atoms in total. The van der Waals surface area contributed by atoms with Gasteiger partial charge in [-0.05, 0) is 24.7 Å². The highest BCUT2D eigenvalue weighted by Crippen LogP contribution is 2.16. The SMILES string of the molecule is COC(=S)C(O)c1cccc(C)c1. The molecule has 70 valence electrons. The first kappa shape index (κ1) is 10.2. The first-order valence-electron chi connectivity index (χ1n) is 3.97. The predicted octanol–water partition coefficient (Wildman–Crippen LogP) is 2.00. The van der Waals surface area contributed by atoms with Crippen molar-refractivity contribution in [2.24, 2.45) is 0 Å². The van der Waals surface area contributed by atoms with Crippen LogP contribution in [0.3, 0.4) is 0 Å². The average molecular weight is 196 g/mol. The second-order valence-electron chi connectivity index (χ2n) is 2.84. The van der Waals surface area contributed by atoms with Crippen LogP contribution in [-0.2, 0) is 4.74 Å². The summed E-state index contributed by atoms with van der Waals surface area (Å²) in [4.78, 5) is 0. The molecular formula is C10H12O2S. The smallest absolute Gasteiger partial charge is 0.192 e. The zero-order valence-corrected chi connectivity index (χ0v) is 8.47. The van der Waals surface area contributed by atoms with Gasteiger partial charge in [-0.25, -0.2) is 0 Å². The number of aryl methyl sites for hydroxylation is 1. The number of benzene rings is 1. The van der Waals surface area contributed by atoms with Gasteiger partial charge in [0.15, 0.2) is 5.05 Å². The summed E-state index contributed by atoms with van der Waals surface area (Å²) in [6.07, 6.45) is -0.806. The Balaban J connectivity index is 2.88. The number of hydrogen-bond acceptors (Lipinski definition) is 3. The highest BCUT2D eigenvalue weighted by Gasteiger charge is 2.12. The molecule has 0 amide bonds. The number of aliphatic hydroxyl groups is 1. The molecule has 0 aromatic heterocycles. The van der Waals surface area contributed by atoms with Crippen LogP contribution in [0.1, 0.15) is 17.2 Å². The zero-order valence-electron chi connectivity index (χ0n) is 7.65. The van der Waals surface area contributed by atoms with Crippen LogP contribution in [0.2, 0.25) is 0 Å². The maximum absolute atomic E-state index is 9.65. The summed E-state index contributed by atoms with van der Waals surface area (Å²) in [7, 11) is 1.46. The molecule has 13 heavy (non-hydrogen) atoms. The van der Waals surface area contributed by atoms with Crippen LogP contribution in [-0.4, -0.2) is 17.3 Å². The molecule has 1 N–H and O–H groups in total. The van der Waals surface area contributed by atoms with Crippen LogP contribution in [0.5, 0.6) is 0 Å². The maximum Gasteiger partial charge on any atom is 0.192 e. The molecule has 0 aliphatic rings. The molecule has 0 radical (unpaired) electrons. The number of ether oxygens (including phenoxy) is 1. The van der Waals surface area contributed by atoms with E-state index in [9.17, 15) is 5.11 Å². The van der Waals surface area contributed by atoms with E-state index in [-0.39, 0.29) is 5.05 Å². The van der Waals surface area contributed by atoms with E-state index in [4.69, 9.17) is 17.0 Å². The van der Waals surface area contributed by atoms with Gasteiger partial charge in [0.2, 0.25) is 0 Å². The molecular weight excluding hydrogens is 184 g/mol. The van der Waals surface area contributed by atoms with Gasteiger partial charge in [-0.15, -0.1) is 0 Å². The topological polar surface area (TPSA) is 29.5 Å². The largest absolute Gasteiger partial charge is 0.488 e. The van der Waals surface area contributed by atoms with E-state index in [0.29, 0.717) is 0 Å². The van der Waals surface area contributed by atoms with Gasteiger partial charge < -0.3 is 9.84 Å². The lowest BCUT2D eigenvalue weighted by Crippen LogP contribution is -2.11. The van der Waals surface area contributed by atoms with Crippen molar-refractivity contribution < 1.29 is 9.84 Å². The molecule has 0 saturated heterocycles. The van der Waals surface area contributed by atoms with Crippen LogP contribution in [0, 0.1) is 6.92 Å². The summed E-state index contributed by atoms with van der Waals surface area (Å²) in [5.74, 6) is 0. The Morgan fingerprint density at radius 3 is 2.77 bits per heavy atom. The number of thiocarbonyl (C=S) groups is 1. The Labute approximate surface area is 83.2 Å². The van der Waals surface area contributed by atoms with Gasteiger partial charge in [0.05, 0.1) is 7.11 Å². The molecule has 1 rings (SSSR count). The van der Waals surface area contributed by atoms with E-state index >= 15 is 0 Å². The molecule has 1 aromatic rings. The molecule has 0 heterocycles. The van der Waals surface area contributed by atoms with Gasteiger partial charge in [0.1, 0.15) is 6.10 Å². The monoisotopic (exact) mass is 196 g/mol. The molecule has 1 unspecified atom stereocenters. The van der Waals surface area contributed by atoms with Crippen LogP contribution in [0.25, 0.3) is 0 Å². The molecule has 0 aliphatic carbocycles. The lowest BCUT2D eigenvalue weighted by Gasteiger charge is -2.11. The van der Waals surface area contributed by atoms with Crippen molar-refractivity contribution in [2.45, 2.75) is 13.0 Å². The molecule has 0 spiro atoms. The third kappa shape index (κ3) is 2.50. The summed E-state index contributed by atoms with van der Waals surface area (Å²) in [6, 6.07) is 7.55. The van der Waals surface area contributed by atoms with Crippen LogP contribution in [0.4, 0.5) is 0 Å². The average Bonchev–Trinajstić information content (AvgIpc) is 2.15. The fraction of sp³-hybridized carbons (Fsp3) is 0.300. The normalized spacial score (nSPS) is 12.2. The third-order valence-corrected chi connectivity index (χ3v) is 2.17. The molecule has 0 bridgehead atoms. The fourth-order valence-corrected chi connectivity index (χ4v) is 1.22. The van der Waals surface area contributed by atoms with Gasteiger partial charge in [-0.3, -0.25) is 0 Å². The van der Waals surface area contributed by atoms with E-state index in [1.807, 2.05) is 31.2 Å². The standard InChI is InChI=1S/C10H12O2S/c1-7-4-3-5-8(6-7)9(11)10(13)12-2/h3-6,9,11H,1-2H3. The second-order valence-corrected chi connectivity index (χ2v) is 3.24. The lowest BCUT2D eigenvalue weighted by molar-refractivity contribution is 0.213. The highest BCUT2D eigenvalue weighted by molar-refractivity contribution is 7.80. The Morgan fingerprint density at radius 1 is 1.54 bits per heavy atom. The van der Waals surface area contributed by atoms with Crippen LogP contribution >= 0.6 is 12.2 Å². The van der Waals surface area contributed by atoms with E-state index in [0.717, 1.165) is 11.1 Å². The number of methoxy groups -OCH3 is 1. The Bertz CT molecular complexity index is 310. The van der Waals surface area contributed by atoms with Crippen LogP contribution in [0.15, 0.2) is 24.3 Å². The van der Waals surface area contributed by atoms with Crippen molar-refractivity contribution in [2.75, 3.05) is 7.11 Å². The minimum absolute atomic E-state index is 0.200. The van der Waals surface area contributed by atoms with Gasteiger partial charge >= 0.3 is 0 Å². The van der Waals surface area contributed by atoms with E-state index in [1.54, 1.807) is 0 Å². The first-order chi connectivity index (χ1) is 6.15. The van der Waals surface area contributed by atoms with Crippen LogP contribution < -0.4 is 0 Å². The summed E-state index contributed by atoms with van der Waals surface area (Å²) in [5.41, 5.74) is 1.86. The quantitative estimate of drug-likeness (QED) is 0.734. The molecule has 0 fully saturated rings. The van der Waals surface area contributed by atoms with Gasteiger partial charge in [-0.2, -0.15) is 0 Å². The van der Waals surface area contributed by atoms with E-state index in [1.165, 1.54) is 7.11 Å². The van der Waals surface area contributed by atoms with Crippen molar-refractivity contribution in [1.29, 1.82) is 0 Å². The molecule has 0 saturated carbocycles. The van der Waals surface area contributed by atoms with E-state index in [2.05, 4.69) is 0 Å². The van der Waals surface area contributed by atoms with Crippen molar-refractivity contribution in [1.82, 2.24) is 0 Å². The zero-order chi connectivity index (χ0) is 9.84. The number of hydrogen-bond donors (Lipinski definition) is 1. The van der Waals surface area contributed by atoms with Crippen molar-refractivity contribution in [3.63, 3.8) is 0 Å². The van der Waals surface area contributed by atoms with Gasteiger partial charge in [0, 0.05) is 0 Å². The highest BCUT2D eigenvalue weighted by atomic mass is 32.1. The number of rotatable bonds is 2. The summed E-state index contributed by atoms with van der Waals surface area (Å²) in [5, 5.41) is 9.85. The molecule has 1 aromatic carbocycles. The van der Waals surface area contributed by atoms with E-state index < -0.39 is 6.10 Å². The lowest BCUT2D eigenvalue weighted by atomic mass is 10.1. The number of aliphatic hydroxyl groups excluding tert-OH is 1. The summed E-state index contributed by atoms with van der Waals surface area (Å²) in [6.45, 7) is 1.96. The molecule has 3 heteroatoms. The Kier molecular flexibility index (Phi) is 3.39. The van der Waals surface area contributed by atoms with Crippen molar-refractivity contribution in [3.8, 4) is 0 Å². The minimum atomic E-state index is -0.806. The summed E-state index contributed by atoms with van der Waals surface area (Å²) >= 11 is 4.83. The maximum atomic E-state index is 9.65. The molecule has 1 atom stereocenters. The fourth-order valence-electron chi connectivity index (χ4n) is 1.09. The molecule has 0 aliphatic heterocycles. The Hall–Kier alpha value is -0.930. The first-order valence-corrected chi connectivity index (χ1v) is 4.38. The predicted molar refractivity (Wildman–Crippen MR) is 55.7 cm³/mol. The third-order valence-electron chi connectivity index (χ3n) is 1.78. The second kappa shape index (κ2) is 4.35.